The fraction of sp³-hybridized carbons (Fsp3) is 0.500. The standard InChI is InChI=1S/2C6H8O7.2Na/c2*7-3(8)1-6(13,5(11)12)2-4(9)10;;/h2*13H,1-2H2,(H,7,8)(H,9,10)(H,11,12);;/q;;2*+1/p-6. The maximum atomic E-state index is 10.1. The molecule has 0 aromatic rings. The smallest absolute Gasteiger partial charge is 0.550 e. The molecule has 0 fully saturated rings. The van der Waals surface area contributed by atoms with E-state index in [1.807, 2.05) is 0 Å². The second-order valence-electron chi connectivity index (χ2n) is 4.83. The van der Waals surface area contributed by atoms with E-state index < -0.39 is 72.7 Å². The number of carbonyl (C=O) groups is 6. The summed E-state index contributed by atoms with van der Waals surface area (Å²) in [4.78, 5) is 60.0. The number of aliphatic carboxylic acids is 6. The molecular weight excluding hydrogens is 414 g/mol. The van der Waals surface area contributed by atoms with Gasteiger partial charge in [-0.05, 0) is 0 Å². The van der Waals surface area contributed by atoms with Gasteiger partial charge in [0, 0.05) is 49.6 Å². The molecule has 0 rings (SSSR count). The largest absolute Gasteiger partial charge is 1.00 e. The van der Waals surface area contributed by atoms with Crippen LogP contribution in [0.4, 0.5) is 0 Å². The number of aliphatic hydroxyl groups is 2. The van der Waals surface area contributed by atoms with Crippen molar-refractivity contribution in [3.8, 4) is 0 Å². The van der Waals surface area contributed by atoms with E-state index in [9.17, 15) is 59.4 Å². The number of carbonyl (C=O) groups excluding carboxylic acids is 6. The van der Waals surface area contributed by atoms with Gasteiger partial charge in [-0.25, -0.2) is 0 Å². The van der Waals surface area contributed by atoms with Crippen LogP contribution in [0, 0.1) is 0 Å². The summed E-state index contributed by atoms with van der Waals surface area (Å²) in [6.07, 6.45) is -5.43. The molecule has 28 heavy (non-hydrogen) atoms. The van der Waals surface area contributed by atoms with Crippen LogP contribution in [0.5, 0.6) is 0 Å². The summed E-state index contributed by atoms with van der Waals surface area (Å²) in [5, 5.41) is 77.9. The zero-order chi connectivity index (χ0) is 21.3. The van der Waals surface area contributed by atoms with E-state index >= 15 is 0 Å². The van der Waals surface area contributed by atoms with Crippen molar-refractivity contribution < 1.29 is 129 Å². The van der Waals surface area contributed by atoms with Crippen LogP contribution in [0.3, 0.4) is 0 Å². The van der Waals surface area contributed by atoms with Crippen molar-refractivity contribution in [2.24, 2.45) is 0 Å². The number of carboxylic acid groups (broad SMARTS) is 6. The fourth-order valence-electron chi connectivity index (χ4n) is 1.37. The predicted molar refractivity (Wildman–Crippen MR) is 58.4 cm³/mol. The Balaban J connectivity index is -0.000000192. The van der Waals surface area contributed by atoms with Gasteiger partial charge < -0.3 is 69.6 Å². The molecule has 0 spiro atoms. The summed E-state index contributed by atoms with van der Waals surface area (Å²) in [6.45, 7) is 0. The third-order valence-corrected chi connectivity index (χ3v) is 2.51. The summed E-state index contributed by atoms with van der Waals surface area (Å²) < 4.78 is 0. The van der Waals surface area contributed by atoms with Crippen LogP contribution in [-0.2, 0) is 28.8 Å². The molecule has 0 bridgehead atoms. The van der Waals surface area contributed by atoms with Crippen LogP contribution in [0.2, 0.25) is 0 Å². The minimum atomic E-state index is -2.97. The fourth-order valence-corrected chi connectivity index (χ4v) is 1.37. The summed E-state index contributed by atoms with van der Waals surface area (Å²) in [7, 11) is 0. The van der Waals surface area contributed by atoms with Crippen LogP contribution in [-0.4, -0.2) is 57.2 Å². The number of hydrogen-bond donors (Lipinski definition) is 2. The van der Waals surface area contributed by atoms with Gasteiger partial charge in [0.05, 0.1) is 11.9 Å². The minimum Gasteiger partial charge on any atom is -0.550 e. The van der Waals surface area contributed by atoms with Crippen molar-refractivity contribution in [3.05, 3.63) is 0 Å². The molecular formula is C12H10Na2O14-4. The molecule has 0 amide bonds. The second kappa shape index (κ2) is 14.7. The van der Waals surface area contributed by atoms with Crippen LogP contribution >= 0.6 is 0 Å². The average Bonchev–Trinajstić information content (AvgIpc) is 2.34. The maximum Gasteiger partial charge on any atom is 1.00 e. The second-order valence-corrected chi connectivity index (χ2v) is 4.83. The number of hydrogen-bond acceptors (Lipinski definition) is 14. The molecule has 0 heterocycles. The van der Waals surface area contributed by atoms with Crippen LogP contribution in [0.1, 0.15) is 25.7 Å². The molecule has 0 aliphatic rings. The third-order valence-electron chi connectivity index (χ3n) is 2.51. The Morgan fingerprint density at radius 2 is 0.643 bits per heavy atom. The van der Waals surface area contributed by atoms with E-state index in [1.165, 1.54) is 0 Å². The molecule has 0 radical (unpaired) electrons. The van der Waals surface area contributed by atoms with Crippen molar-refractivity contribution in [2.75, 3.05) is 0 Å². The van der Waals surface area contributed by atoms with Gasteiger partial charge in [-0.15, -0.1) is 0 Å². The van der Waals surface area contributed by atoms with Crippen LogP contribution in [0.15, 0.2) is 0 Å². The molecule has 0 unspecified atom stereocenters. The monoisotopic (exact) mass is 424 g/mol. The normalized spacial score (nSPS) is 10.1. The SMILES string of the molecule is O=C([O-])CC(O)(CC(=O)[O-])C(=O)[O-].O=C([O-])CC(O)(CC(=O)[O-])C(=O)[O-].[Na+].[Na+]. The molecule has 16 heteroatoms. The van der Waals surface area contributed by atoms with Gasteiger partial charge in [0.2, 0.25) is 0 Å². The van der Waals surface area contributed by atoms with Gasteiger partial charge in [0.1, 0.15) is 11.2 Å². The first-order valence-corrected chi connectivity index (χ1v) is 6.23. The Morgan fingerprint density at radius 3 is 0.714 bits per heavy atom. The van der Waals surface area contributed by atoms with E-state index in [4.69, 9.17) is 10.2 Å². The quantitative estimate of drug-likeness (QED) is 0.308. The molecule has 2 N–H and O–H groups in total. The summed E-state index contributed by atoms with van der Waals surface area (Å²) in [5.41, 5.74) is -5.95. The summed E-state index contributed by atoms with van der Waals surface area (Å²) in [5.74, 6) is -12.0. The predicted octanol–water partition coefficient (Wildman–Crippen LogP) is -16.5. The van der Waals surface area contributed by atoms with Gasteiger partial charge in [0.15, 0.2) is 0 Å². The molecule has 14 nitrogen and oxygen atoms in total. The molecule has 0 aromatic carbocycles. The van der Waals surface area contributed by atoms with Crippen molar-refractivity contribution in [3.63, 3.8) is 0 Å². The first-order valence-electron chi connectivity index (χ1n) is 6.23. The van der Waals surface area contributed by atoms with Gasteiger partial charge in [0.25, 0.3) is 0 Å². The molecule has 0 atom stereocenters. The Bertz CT molecular complexity index is 517. The Hall–Kier alpha value is -1.26. The topological polar surface area (TPSA) is 281 Å². The van der Waals surface area contributed by atoms with E-state index in [1.54, 1.807) is 0 Å². The Labute approximate surface area is 200 Å². The molecule has 148 valence electrons. The first-order chi connectivity index (χ1) is 11.6. The van der Waals surface area contributed by atoms with Gasteiger partial charge in [-0.3, -0.25) is 0 Å². The number of rotatable bonds is 10. The minimum absolute atomic E-state index is 0. The van der Waals surface area contributed by atoms with Crippen molar-refractivity contribution in [1.29, 1.82) is 0 Å². The summed E-state index contributed by atoms with van der Waals surface area (Å²) in [6, 6.07) is 0. The molecule has 0 aromatic heterocycles. The van der Waals surface area contributed by atoms with E-state index in [0.29, 0.717) is 0 Å². The average molecular weight is 424 g/mol. The van der Waals surface area contributed by atoms with Gasteiger partial charge >= 0.3 is 59.1 Å². The van der Waals surface area contributed by atoms with Gasteiger partial charge in [-0.2, -0.15) is 0 Å². The van der Waals surface area contributed by atoms with Crippen LogP contribution in [0.25, 0.3) is 0 Å². The van der Waals surface area contributed by atoms with Crippen molar-refractivity contribution >= 4 is 35.8 Å². The maximum absolute atomic E-state index is 10.1. The number of carboxylic acids is 6. The van der Waals surface area contributed by atoms with E-state index in [0.717, 1.165) is 0 Å². The molecule has 0 aliphatic carbocycles. The van der Waals surface area contributed by atoms with Crippen LogP contribution < -0.4 is 89.8 Å². The Morgan fingerprint density at radius 1 is 0.500 bits per heavy atom. The van der Waals surface area contributed by atoms with E-state index in [-0.39, 0.29) is 59.1 Å². The third kappa shape index (κ3) is 14.8. The zero-order valence-corrected chi connectivity index (χ0v) is 18.6. The summed E-state index contributed by atoms with van der Waals surface area (Å²) >= 11 is 0. The molecule has 0 saturated carbocycles. The first kappa shape index (κ1) is 34.3. The zero-order valence-electron chi connectivity index (χ0n) is 14.6. The Kier molecular flexibility index (Phi) is 18.0. The molecule has 0 aliphatic heterocycles. The molecule has 0 saturated heterocycles. The van der Waals surface area contributed by atoms with Crippen molar-refractivity contribution in [1.82, 2.24) is 0 Å². The van der Waals surface area contributed by atoms with Gasteiger partial charge in [-0.1, -0.05) is 0 Å². The van der Waals surface area contributed by atoms with E-state index in [2.05, 4.69) is 0 Å². The van der Waals surface area contributed by atoms with Crippen molar-refractivity contribution in [2.45, 2.75) is 36.9 Å².